The van der Waals surface area contributed by atoms with E-state index in [0.717, 1.165) is 5.69 Å². The molecule has 0 aliphatic carbocycles. The van der Waals surface area contributed by atoms with Gasteiger partial charge in [0, 0.05) is 18.3 Å². The Morgan fingerprint density at radius 2 is 2.04 bits per heavy atom. The molecule has 0 saturated carbocycles. The highest BCUT2D eigenvalue weighted by Gasteiger charge is 2.41. The van der Waals surface area contributed by atoms with E-state index in [-0.39, 0.29) is 18.1 Å². The van der Waals surface area contributed by atoms with Gasteiger partial charge in [-0.25, -0.2) is 9.37 Å². The van der Waals surface area contributed by atoms with E-state index in [1.54, 1.807) is 43.3 Å². The molecule has 3 rings (SSSR count). The van der Waals surface area contributed by atoms with Crippen molar-refractivity contribution >= 4 is 17.6 Å². The van der Waals surface area contributed by atoms with Crippen molar-refractivity contribution in [2.75, 3.05) is 19.0 Å². The summed E-state index contributed by atoms with van der Waals surface area (Å²) in [7, 11) is 1.53. The van der Waals surface area contributed by atoms with Gasteiger partial charge in [0.05, 0.1) is 6.04 Å². The van der Waals surface area contributed by atoms with Crippen LogP contribution in [0.2, 0.25) is 0 Å². The zero-order valence-corrected chi connectivity index (χ0v) is 13.9. The predicted molar refractivity (Wildman–Crippen MR) is 89.3 cm³/mol. The van der Waals surface area contributed by atoms with Gasteiger partial charge in [0.15, 0.2) is 6.10 Å². The first-order valence-electron chi connectivity index (χ1n) is 7.83. The molecular weight excluding hydrogens is 325 g/mol. The molecule has 2 heterocycles. The monoisotopic (exact) mass is 343 g/mol. The second kappa shape index (κ2) is 6.98. The molecular formula is C18H18FN3O3. The lowest BCUT2D eigenvalue weighted by Gasteiger charge is -2.38. The van der Waals surface area contributed by atoms with Crippen LogP contribution in [0.15, 0.2) is 42.5 Å². The first-order valence-corrected chi connectivity index (χ1v) is 7.83. The molecule has 25 heavy (non-hydrogen) atoms. The second-order valence-corrected chi connectivity index (χ2v) is 5.86. The maximum atomic E-state index is 14.3. The second-order valence-electron chi connectivity index (χ2n) is 5.86. The molecule has 2 atom stereocenters. The number of hydrogen-bond acceptors (Lipinski definition) is 4. The lowest BCUT2D eigenvalue weighted by Crippen LogP contribution is -2.51. The number of aromatic nitrogens is 1. The average molecular weight is 343 g/mol. The zero-order chi connectivity index (χ0) is 18.0. The molecule has 1 aliphatic heterocycles. The van der Waals surface area contributed by atoms with Crippen LogP contribution in [0.1, 0.15) is 17.3 Å². The van der Waals surface area contributed by atoms with Gasteiger partial charge in [-0.2, -0.15) is 0 Å². The summed E-state index contributed by atoms with van der Waals surface area (Å²) in [6.45, 7) is 1.57. The summed E-state index contributed by atoms with van der Waals surface area (Å²) in [5.41, 5.74) is 0.982. The SMILES string of the molecule is Cc1cccc(NC(=O)C2OCC(=O)N(C)C2c2ccccc2F)n1. The molecule has 1 fully saturated rings. The summed E-state index contributed by atoms with van der Waals surface area (Å²) < 4.78 is 19.7. The molecule has 2 aromatic rings. The maximum Gasteiger partial charge on any atom is 0.257 e. The molecule has 1 aromatic carbocycles. The molecule has 1 aromatic heterocycles. The molecule has 0 spiro atoms. The highest BCUT2D eigenvalue weighted by molar-refractivity contribution is 5.95. The van der Waals surface area contributed by atoms with Crippen molar-refractivity contribution in [3.8, 4) is 0 Å². The standard InChI is InChI=1S/C18H18FN3O3/c1-11-6-5-9-14(20-11)21-18(24)17-16(22(2)15(23)10-25-17)12-7-3-4-8-13(12)19/h3-9,16-17H,10H2,1-2H3,(H,20,21,24). The van der Waals surface area contributed by atoms with Crippen LogP contribution in [0.5, 0.6) is 0 Å². The minimum atomic E-state index is -1.04. The first kappa shape index (κ1) is 17.0. The number of benzene rings is 1. The van der Waals surface area contributed by atoms with Crippen molar-refractivity contribution in [2.24, 2.45) is 0 Å². The van der Waals surface area contributed by atoms with Gasteiger partial charge in [-0.05, 0) is 25.1 Å². The van der Waals surface area contributed by atoms with Crippen LogP contribution < -0.4 is 5.32 Å². The number of ether oxygens (including phenoxy) is 1. The van der Waals surface area contributed by atoms with Gasteiger partial charge >= 0.3 is 0 Å². The number of morpholine rings is 1. The number of carbonyl (C=O) groups excluding carboxylic acids is 2. The molecule has 1 N–H and O–H groups in total. The van der Waals surface area contributed by atoms with Crippen LogP contribution in [-0.2, 0) is 14.3 Å². The van der Waals surface area contributed by atoms with Crippen molar-refractivity contribution in [3.63, 3.8) is 0 Å². The molecule has 2 amide bonds. The minimum Gasteiger partial charge on any atom is -0.356 e. The van der Waals surface area contributed by atoms with Crippen molar-refractivity contribution in [2.45, 2.75) is 19.1 Å². The third kappa shape index (κ3) is 3.51. The van der Waals surface area contributed by atoms with Gasteiger partial charge in [0.2, 0.25) is 5.91 Å². The summed E-state index contributed by atoms with van der Waals surface area (Å²) in [6, 6.07) is 10.4. The Balaban J connectivity index is 1.90. The van der Waals surface area contributed by atoms with Gasteiger partial charge in [-0.1, -0.05) is 24.3 Å². The number of likely N-dealkylation sites (N-methyl/N-ethyl adjacent to an activating group) is 1. The third-order valence-corrected chi connectivity index (χ3v) is 4.11. The van der Waals surface area contributed by atoms with Gasteiger partial charge in [-0.3, -0.25) is 9.59 Å². The normalized spacial score (nSPS) is 20.4. The number of pyridine rings is 1. The summed E-state index contributed by atoms with van der Waals surface area (Å²) >= 11 is 0. The van der Waals surface area contributed by atoms with Crippen LogP contribution in [0.25, 0.3) is 0 Å². The Morgan fingerprint density at radius 1 is 1.28 bits per heavy atom. The van der Waals surface area contributed by atoms with E-state index in [0.29, 0.717) is 5.82 Å². The molecule has 2 unspecified atom stereocenters. The highest BCUT2D eigenvalue weighted by Crippen LogP contribution is 2.31. The number of carbonyl (C=O) groups is 2. The van der Waals surface area contributed by atoms with Crippen LogP contribution in [0.4, 0.5) is 10.2 Å². The summed E-state index contributed by atoms with van der Waals surface area (Å²) in [5.74, 6) is -0.916. The van der Waals surface area contributed by atoms with Gasteiger partial charge in [-0.15, -0.1) is 0 Å². The molecule has 6 nitrogen and oxygen atoms in total. The smallest absolute Gasteiger partial charge is 0.257 e. The third-order valence-electron chi connectivity index (χ3n) is 4.11. The van der Waals surface area contributed by atoms with Gasteiger partial charge < -0.3 is 15.0 Å². The Bertz CT molecular complexity index is 812. The van der Waals surface area contributed by atoms with E-state index in [1.807, 2.05) is 0 Å². The van der Waals surface area contributed by atoms with E-state index in [2.05, 4.69) is 10.3 Å². The van der Waals surface area contributed by atoms with E-state index in [4.69, 9.17) is 4.74 Å². The van der Waals surface area contributed by atoms with Crippen molar-refractivity contribution < 1.29 is 18.7 Å². The first-order chi connectivity index (χ1) is 12.0. The van der Waals surface area contributed by atoms with Gasteiger partial charge in [0.25, 0.3) is 5.91 Å². The van der Waals surface area contributed by atoms with Crippen LogP contribution in [-0.4, -0.2) is 41.5 Å². The highest BCUT2D eigenvalue weighted by atomic mass is 19.1. The number of halogens is 1. The van der Waals surface area contributed by atoms with Crippen LogP contribution >= 0.6 is 0 Å². The Morgan fingerprint density at radius 3 is 2.76 bits per heavy atom. The Labute approximate surface area is 144 Å². The number of rotatable bonds is 3. The quantitative estimate of drug-likeness (QED) is 0.926. The van der Waals surface area contributed by atoms with Gasteiger partial charge in [0.1, 0.15) is 18.2 Å². The molecule has 1 aliphatic rings. The Hall–Kier alpha value is -2.80. The fraction of sp³-hybridized carbons (Fsp3) is 0.278. The number of anilines is 1. The van der Waals surface area contributed by atoms with Crippen molar-refractivity contribution in [1.29, 1.82) is 0 Å². The van der Waals surface area contributed by atoms with Crippen LogP contribution in [0.3, 0.4) is 0 Å². The number of nitrogens with one attached hydrogen (secondary N) is 1. The molecule has 130 valence electrons. The van der Waals surface area contributed by atoms with E-state index >= 15 is 0 Å². The molecule has 0 radical (unpaired) electrons. The number of amides is 2. The zero-order valence-electron chi connectivity index (χ0n) is 13.9. The van der Waals surface area contributed by atoms with E-state index in [9.17, 15) is 14.0 Å². The maximum absolute atomic E-state index is 14.3. The summed E-state index contributed by atoms with van der Waals surface area (Å²) in [6.07, 6.45) is -1.04. The number of aryl methyl sites for hydroxylation is 1. The minimum absolute atomic E-state index is 0.232. The summed E-state index contributed by atoms with van der Waals surface area (Å²) in [4.78, 5) is 30.2. The topological polar surface area (TPSA) is 71.5 Å². The lowest BCUT2D eigenvalue weighted by atomic mass is 9.97. The van der Waals surface area contributed by atoms with Crippen molar-refractivity contribution in [3.05, 3.63) is 59.5 Å². The molecule has 0 bridgehead atoms. The number of hydrogen-bond donors (Lipinski definition) is 1. The summed E-state index contributed by atoms with van der Waals surface area (Å²) in [5, 5.41) is 2.67. The fourth-order valence-electron chi connectivity index (χ4n) is 2.83. The Kier molecular flexibility index (Phi) is 4.76. The predicted octanol–water partition coefficient (Wildman–Crippen LogP) is 2.07. The lowest BCUT2D eigenvalue weighted by molar-refractivity contribution is -0.160. The fourth-order valence-corrected chi connectivity index (χ4v) is 2.83. The van der Waals surface area contributed by atoms with Crippen molar-refractivity contribution in [1.82, 2.24) is 9.88 Å². The van der Waals surface area contributed by atoms with E-state index in [1.165, 1.54) is 18.0 Å². The average Bonchev–Trinajstić information content (AvgIpc) is 2.58. The number of nitrogens with zero attached hydrogens (tertiary/aromatic N) is 2. The van der Waals surface area contributed by atoms with E-state index < -0.39 is 23.9 Å². The molecule has 7 heteroatoms. The largest absolute Gasteiger partial charge is 0.356 e. The van der Waals surface area contributed by atoms with Crippen LogP contribution in [0, 0.1) is 12.7 Å². The molecule has 1 saturated heterocycles.